The van der Waals surface area contributed by atoms with E-state index in [1.165, 1.54) is 104 Å². The molecule has 402 valence electrons. The van der Waals surface area contributed by atoms with E-state index in [1.807, 2.05) is 0 Å². The zero-order valence-corrected chi connectivity index (χ0v) is 48.1. The molecule has 0 bridgehead atoms. The van der Waals surface area contributed by atoms with Gasteiger partial charge in [-0.2, -0.15) is 0 Å². The Kier molecular flexibility index (Phi) is 11.0. The summed E-state index contributed by atoms with van der Waals surface area (Å²) >= 11 is 0. The van der Waals surface area contributed by atoms with Crippen molar-refractivity contribution in [2.75, 3.05) is 9.80 Å². The predicted molar refractivity (Wildman–Crippen MR) is 359 cm³/mol. The maximum atomic E-state index is 6.96. The first kappa shape index (κ1) is 49.6. The lowest BCUT2D eigenvalue weighted by Gasteiger charge is -2.26. The van der Waals surface area contributed by atoms with Gasteiger partial charge in [-0.05, 0) is 156 Å². The van der Waals surface area contributed by atoms with E-state index in [2.05, 4.69) is 317 Å². The van der Waals surface area contributed by atoms with E-state index in [0.717, 1.165) is 56.1 Å². The summed E-state index contributed by atoms with van der Waals surface area (Å²) in [6.45, 7) is 13.6. The number of rotatable bonds is 8. The second-order valence-corrected chi connectivity index (χ2v) is 25.0. The monoisotopic (exact) mass is 1080 g/mol. The lowest BCUT2D eigenvalue weighted by molar-refractivity contribution is 0.590. The summed E-state index contributed by atoms with van der Waals surface area (Å²) in [5, 5.41) is 14.4. The molecule has 3 aromatic heterocycles. The van der Waals surface area contributed by atoms with Crippen molar-refractivity contribution >= 4 is 126 Å². The Labute approximate surface area is 489 Å². The summed E-state index contributed by atoms with van der Waals surface area (Å²) in [7, 11) is 0. The molecule has 16 rings (SSSR count). The number of hydrogen-bond donors (Lipinski definition) is 0. The van der Waals surface area contributed by atoms with Crippen molar-refractivity contribution in [3.05, 3.63) is 272 Å². The van der Waals surface area contributed by atoms with Crippen LogP contribution in [0.1, 0.15) is 52.7 Å². The van der Waals surface area contributed by atoms with Crippen LogP contribution in [0.4, 0.5) is 34.1 Å². The van der Waals surface area contributed by atoms with Crippen LogP contribution in [0.5, 0.6) is 0 Å². The van der Waals surface area contributed by atoms with Gasteiger partial charge < -0.3 is 18.6 Å². The Bertz CT molecular complexity index is 5250. The largest absolute Gasteiger partial charge is 0.456 e. The second kappa shape index (κ2) is 18.7. The van der Waals surface area contributed by atoms with Gasteiger partial charge in [-0.15, -0.1) is 0 Å². The lowest BCUT2D eigenvalue weighted by Crippen LogP contribution is -2.10. The van der Waals surface area contributed by atoms with Crippen LogP contribution in [-0.4, -0.2) is 4.40 Å². The van der Waals surface area contributed by atoms with Gasteiger partial charge in [0.15, 0.2) is 0 Å². The average Bonchev–Trinajstić information content (AvgIpc) is 1.64. The zero-order chi connectivity index (χ0) is 56.6. The van der Waals surface area contributed by atoms with Gasteiger partial charge in [0.2, 0.25) is 0 Å². The zero-order valence-electron chi connectivity index (χ0n) is 48.1. The van der Waals surface area contributed by atoms with E-state index in [4.69, 9.17) is 4.42 Å². The van der Waals surface area contributed by atoms with E-state index in [0.29, 0.717) is 0 Å². The normalized spacial score (nSPS) is 12.4. The molecule has 0 aliphatic carbocycles. The summed E-state index contributed by atoms with van der Waals surface area (Å²) < 4.78 is 9.51. The maximum absolute atomic E-state index is 6.96. The topological polar surface area (TPSA) is 24.0 Å². The van der Waals surface area contributed by atoms with Crippen LogP contribution in [0, 0.1) is 0 Å². The molecule has 0 saturated carbocycles. The number of aromatic nitrogens is 1. The molecular weight excluding hydrogens is 1020 g/mol. The number of furan rings is 1. The second-order valence-electron chi connectivity index (χ2n) is 25.0. The molecule has 0 unspecified atom stereocenters. The van der Waals surface area contributed by atoms with E-state index in [-0.39, 0.29) is 10.8 Å². The Morgan fingerprint density at radius 1 is 0.286 bits per heavy atom. The summed E-state index contributed by atoms with van der Waals surface area (Å²) in [5.41, 5.74) is 19.4. The first-order chi connectivity index (χ1) is 40.9. The van der Waals surface area contributed by atoms with Gasteiger partial charge in [0.05, 0.1) is 16.6 Å². The van der Waals surface area contributed by atoms with Gasteiger partial charge in [0, 0.05) is 77.9 Å². The molecule has 0 fully saturated rings. The maximum Gasteiger partial charge on any atom is 0.137 e. The smallest absolute Gasteiger partial charge is 0.137 e. The third-order valence-corrected chi connectivity index (χ3v) is 17.8. The molecule has 0 aliphatic rings. The molecule has 13 aromatic carbocycles. The van der Waals surface area contributed by atoms with Crippen molar-refractivity contribution in [1.82, 2.24) is 4.40 Å². The van der Waals surface area contributed by atoms with Crippen LogP contribution in [0.3, 0.4) is 0 Å². The van der Waals surface area contributed by atoms with Crippen LogP contribution >= 0.6 is 0 Å². The molecule has 0 radical (unpaired) electrons. The Hall–Kier alpha value is -10.2. The highest BCUT2D eigenvalue weighted by Crippen LogP contribution is 2.48. The van der Waals surface area contributed by atoms with Crippen molar-refractivity contribution in [2.24, 2.45) is 0 Å². The van der Waals surface area contributed by atoms with Crippen LogP contribution < -0.4 is 9.80 Å². The van der Waals surface area contributed by atoms with Gasteiger partial charge in [-0.1, -0.05) is 211 Å². The first-order valence-corrected chi connectivity index (χ1v) is 29.4. The summed E-state index contributed by atoms with van der Waals surface area (Å²) in [5.74, 6) is 0. The van der Waals surface area contributed by atoms with Crippen LogP contribution in [-0.2, 0) is 10.8 Å². The molecule has 0 N–H and O–H groups in total. The summed E-state index contributed by atoms with van der Waals surface area (Å²) in [6, 6.07) is 96.7. The minimum absolute atomic E-state index is 0.0957. The third-order valence-electron chi connectivity index (χ3n) is 17.8. The molecule has 0 aliphatic heterocycles. The van der Waals surface area contributed by atoms with Crippen molar-refractivity contribution in [1.29, 1.82) is 0 Å². The fourth-order valence-corrected chi connectivity index (χ4v) is 13.4. The highest BCUT2D eigenvalue weighted by molar-refractivity contribution is 6.31. The third kappa shape index (κ3) is 8.03. The molecule has 0 saturated heterocycles. The minimum Gasteiger partial charge on any atom is -0.456 e. The summed E-state index contributed by atoms with van der Waals surface area (Å²) in [4.78, 5) is 4.77. The highest BCUT2D eigenvalue weighted by atomic mass is 16.3. The van der Waals surface area contributed by atoms with Crippen LogP contribution in [0.2, 0.25) is 0 Å². The summed E-state index contributed by atoms with van der Waals surface area (Å²) in [6.07, 6.45) is 0. The Morgan fingerprint density at radius 3 is 1.19 bits per heavy atom. The molecule has 4 heteroatoms. The van der Waals surface area contributed by atoms with E-state index >= 15 is 0 Å². The average molecular weight is 1080 g/mol. The van der Waals surface area contributed by atoms with Crippen molar-refractivity contribution < 1.29 is 4.42 Å². The van der Waals surface area contributed by atoms with Gasteiger partial charge in [0.25, 0.3) is 0 Å². The number of hydrogen-bond acceptors (Lipinski definition) is 3. The van der Waals surface area contributed by atoms with Crippen LogP contribution in [0.15, 0.2) is 265 Å². The van der Waals surface area contributed by atoms with Crippen molar-refractivity contribution in [2.45, 2.75) is 52.4 Å². The Morgan fingerprint density at radius 2 is 0.667 bits per heavy atom. The number of para-hydroxylation sites is 1. The molecule has 0 spiro atoms. The fourth-order valence-electron chi connectivity index (χ4n) is 13.4. The lowest BCUT2D eigenvalue weighted by atomic mass is 9.86. The SMILES string of the molecule is CC(C)(C)c1ccc(-c2ccc(N(c3ccc4ccccc4c3)c3ccc4c(c3)oc3ccc5c(ccc6c7cccc8c9ccc(N(c%10ccc(-c%11ccc(C(C)(C)C)cc%11)cc%10)c%10ccc%11ccccc%11c%10)cc9n(c56)c87)c34)cc2)cc1. The Balaban J connectivity index is 0.836. The van der Waals surface area contributed by atoms with Crippen molar-refractivity contribution in [3.63, 3.8) is 0 Å². The fraction of sp³-hybridized carbons (Fsp3) is 0.100. The number of fused-ring (bicyclic) bond motifs is 14. The molecule has 84 heavy (non-hydrogen) atoms. The first-order valence-electron chi connectivity index (χ1n) is 29.4. The molecule has 0 amide bonds. The van der Waals surface area contributed by atoms with E-state index in [9.17, 15) is 0 Å². The molecule has 0 atom stereocenters. The molecule has 3 heterocycles. The minimum atomic E-state index is 0.0957. The van der Waals surface area contributed by atoms with Crippen molar-refractivity contribution in [3.8, 4) is 22.3 Å². The standard InChI is InChI=1S/C80H61N3O/c1-79(2,3)58-28-18-52(19-29-58)54-22-32-60(33-23-54)81(62-36-26-50-12-7-9-14-56(50)46-62)64-38-40-66-68-16-11-17-69-71-43-42-67-70(78(71)83(77(68)69)73(66)48-64)44-45-74-76(67)72-41-39-65(49-75(72)84-74)82(63-37-27-51-13-8-10-15-57(51)47-63)61-34-24-55(25-35-61)53-20-30-59(31-21-53)80(4,5)6/h7-49H,1-6H3. The highest BCUT2D eigenvalue weighted by Gasteiger charge is 2.24. The number of nitrogens with zero attached hydrogens (tertiary/aromatic N) is 3. The molecular formula is C80H61N3O. The molecule has 4 nitrogen and oxygen atoms in total. The number of benzene rings is 13. The predicted octanol–water partition coefficient (Wildman–Crippen LogP) is 23.1. The molecule has 16 aromatic rings. The van der Waals surface area contributed by atoms with Gasteiger partial charge in [0.1, 0.15) is 11.2 Å². The van der Waals surface area contributed by atoms with Gasteiger partial charge >= 0.3 is 0 Å². The quantitative estimate of drug-likeness (QED) is 0.152. The van der Waals surface area contributed by atoms with Gasteiger partial charge in [-0.3, -0.25) is 0 Å². The van der Waals surface area contributed by atoms with Gasteiger partial charge in [-0.25, -0.2) is 0 Å². The van der Waals surface area contributed by atoms with Crippen LogP contribution in [0.25, 0.3) is 115 Å². The van der Waals surface area contributed by atoms with E-state index < -0.39 is 0 Å². The number of anilines is 6. The van der Waals surface area contributed by atoms with E-state index in [1.54, 1.807) is 0 Å².